The maximum atomic E-state index is 10.7. The molecule has 1 aromatic heterocycles. The van der Waals surface area contributed by atoms with Crippen LogP contribution in [0.3, 0.4) is 0 Å². The summed E-state index contributed by atoms with van der Waals surface area (Å²) >= 11 is 1.07. The molecule has 0 radical (unpaired) electrons. The number of aliphatic carboxylic acids is 1. The summed E-state index contributed by atoms with van der Waals surface area (Å²) < 4.78 is 0. The van der Waals surface area contributed by atoms with Crippen molar-refractivity contribution in [2.75, 3.05) is 5.73 Å². The zero-order valence-electron chi connectivity index (χ0n) is 8.04. The molecule has 16 heavy (non-hydrogen) atoms. The predicted molar refractivity (Wildman–Crippen MR) is 59.7 cm³/mol. The Morgan fingerprint density at radius 3 is 2.62 bits per heavy atom. The van der Waals surface area contributed by atoms with Gasteiger partial charge in [0, 0.05) is 12.3 Å². The first-order valence-corrected chi connectivity index (χ1v) is 4.59. The molecule has 0 aliphatic rings. The number of halogens is 1. The molecule has 3 N–H and O–H groups in total. The molecule has 1 heterocycles. The summed E-state index contributed by atoms with van der Waals surface area (Å²) in [5.74, 6) is -2.06. The van der Waals surface area contributed by atoms with Crippen molar-refractivity contribution in [3.05, 3.63) is 11.1 Å². The van der Waals surface area contributed by atoms with Gasteiger partial charge in [0.2, 0.25) is 5.71 Å². The van der Waals surface area contributed by atoms with Crippen molar-refractivity contribution in [2.45, 2.75) is 6.92 Å². The number of carbonyl (C=O) groups is 2. The minimum atomic E-state index is -1.35. The second-order valence-electron chi connectivity index (χ2n) is 2.40. The van der Waals surface area contributed by atoms with Crippen LogP contribution in [0.1, 0.15) is 12.6 Å². The van der Waals surface area contributed by atoms with Gasteiger partial charge in [0.05, 0.1) is 0 Å². The van der Waals surface area contributed by atoms with E-state index in [1.54, 1.807) is 0 Å². The van der Waals surface area contributed by atoms with E-state index in [2.05, 4.69) is 15.0 Å². The zero-order valence-corrected chi connectivity index (χ0v) is 9.67. The van der Waals surface area contributed by atoms with Crippen LogP contribution < -0.4 is 5.73 Å². The second kappa shape index (κ2) is 6.03. The number of nitrogen functional groups attached to an aromatic ring is 1. The van der Waals surface area contributed by atoms with Crippen molar-refractivity contribution in [1.82, 2.24) is 4.98 Å². The summed E-state index contributed by atoms with van der Waals surface area (Å²) in [6.45, 7) is 1.11. The fourth-order valence-electron chi connectivity index (χ4n) is 0.702. The Bertz CT molecular complexity index is 431. The van der Waals surface area contributed by atoms with Crippen LogP contribution in [-0.2, 0) is 14.4 Å². The van der Waals surface area contributed by atoms with Crippen molar-refractivity contribution in [3.8, 4) is 0 Å². The van der Waals surface area contributed by atoms with Gasteiger partial charge in [-0.3, -0.25) is 0 Å². The van der Waals surface area contributed by atoms with Crippen LogP contribution >= 0.6 is 23.7 Å². The van der Waals surface area contributed by atoms with Gasteiger partial charge in [-0.2, -0.15) is 0 Å². The predicted octanol–water partition coefficient (Wildman–Crippen LogP) is 0.499. The number of carbonyl (C=O) groups excluding carboxylic acids is 1. The molecule has 0 fully saturated rings. The van der Waals surface area contributed by atoms with Gasteiger partial charge in [0.25, 0.3) is 0 Å². The van der Waals surface area contributed by atoms with E-state index in [1.807, 2.05) is 0 Å². The van der Waals surface area contributed by atoms with Gasteiger partial charge in [0.1, 0.15) is 5.69 Å². The molecule has 0 aromatic carbocycles. The molecular weight excluding hydrogens is 258 g/mol. The van der Waals surface area contributed by atoms with Crippen molar-refractivity contribution in [2.24, 2.45) is 5.16 Å². The number of aromatic nitrogens is 1. The van der Waals surface area contributed by atoms with Crippen LogP contribution in [0.15, 0.2) is 10.5 Å². The Labute approximate surface area is 100 Å². The standard InChI is InChI=1S/C7H7N3O4S.ClH/c1-3(11)14-10-5(6(12)13)4-2-15-7(8)9-4;/h2H,1H3,(H2,8,9)(H,12,13);1H/b10-5-;. The average molecular weight is 266 g/mol. The van der Waals surface area contributed by atoms with E-state index < -0.39 is 17.7 Å². The van der Waals surface area contributed by atoms with Crippen LogP contribution in [0, 0.1) is 0 Å². The number of thiazole rings is 1. The molecule has 0 amide bonds. The number of carboxylic acid groups (broad SMARTS) is 1. The lowest BCUT2D eigenvalue weighted by Crippen LogP contribution is -2.16. The molecule has 0 spiro atoms. The normalized spacial score (nSPS) is 10.4. The Hall–Kier alpha value is -1.67. The van der Waals surface area contributed by atoms with Crippen LogP contribution in [0.5, 0.6) is 0 Å². The van der Waals surface area contributed by atoms with E-state index in [1.165, 1.54) is 5.38 Å². The van der Waals surface area contributed by atoms with Crippen molar-refractivity contribution >= 4 is 46.5 Å². The quantitative estimate of drug-likeness (QED) is 0.467. The number of nitrogens with two attached hydrogens (primary N) is 1. The third kappa shape index (κ3) is 3.83. The summed E-state index contributed by atoms with van der Waals surface area (Å²) in [6, 6.07) is 0. The van der Waals surface area contributed by atoms with E-state index >= 15 is 0 Å². The minimum Gasteiger partial charge on any atom is -0.476 e. The van der Waals surface area contributed by atoms with Gasteiger partial charge in [-0.25, -0.2) is 14.6 Å². The van der Waals surface area contributed by atoms with Gasteiger partial charge in [-0.15, -0.1) is 23.7 Å². The summed E-state index contributed by atoms with van der Waals surface area (Å²) in [4.78, 5) is 29.1. The first-order chi connectivity index (χ1) is 7.00. The van der Waals surface area contributed by atoms with Crippen LogP contribution in [0.2, 0.25) is 0 Å². The largest absolute Gasteiger partial charge is 0.476 e. The maximum Gasteiger partial charge on any atom is 0.360 e. The molecule has 1 aromatic rings. The van der Waals surface area contributed by atoms with Gasteiger partial charge in [-0.05, 0) is 0 Å². The molecule has 88 valence electrons. The number of nitrogens with zero attached hydrogens (tertiary/aromatic N) is 2. The average Bonchev–Trinajstić information content (AvgIpc) is 2.51. The fourth-order valence-corrected chi connectivity index (χ4v) is 1.25. The highest BCUT2D eigenvalue weighted by atomic mass is 35.5. The lowest BCUT2D eigenvalue weighted by Gasteiger charge is -1.95. The summed E-state index contributed by atoms with van der Waals surface area (Å²) in [5.41, 5.74) is 4.93. The molecule has 1 rings (SSSR count). The number of rotatable bonds is 3. The molecule has 0 aliphatic heterocycles. The van der Waals surface area contributed by atoms with Crippen LogP contribution in [0.4, 0.5) is 5.13 Å². The highest BCUT2D eigenvalue weighted by Crippen LogP contribution is 2.12. The first-order valence-electron chi connectivity index (χ1n) is 3.71. The molecule has 0 atom stereocenters. The number of hydrogen-bond donors (Lipinski definition) is 2. The fraction of sp³-hybridized carbons (Fsp3) is 0.143. The summed E-state index contributed by atoms with van der Waals surface area (Å²) in [5, 5.41) is 13.5. The minimum absolute atomic E-state index is 0. The highest BCUT2D eigenvalue weighted by Gasteiger charge is 2.17. The molecule has 0 unspecified atom stereocenters. The summed E-state index contributed by atoms with van der Waals surface area (Å²) in [6.07, 6.45) is 0. The molecule has 0 saturated carbocycles. The van der Waals surface area contributed by atoms with Crippen molar-refractivity contribution in [3.63, 3.8) is 0 Å². The Balaban J connectivity index is 0.00000225. The van der Waals surface area contributed by atoms with E-state index in [9.17, 15) is 9.59 Å². The Morgan fingerprint density at radius 1 is 1.62 bits per heavy atom. The second-order valence-corrected chi connectivity index (χ2v) is 3.29. The number of carboxylic acids is 1. The SMILES string of the molecule is CC(=O)O/N=C(\C(=O)O)c1csc(N)n1.Cl. The topological polar surface area (TPSA) is 115 Å². The monoisotopic (exact) mass is 265 g/mol. The lowest BCUT2D eigenvalue weighted by atomic mass is 10.3. The smallest absolute Gasteiger partial charge is 0.360 e. The van der Waals surface area contributed by atoms with E-state index in [0.717, 1.165) is 18.3 Å². The number of anilines is 1. The van der Waals surface area contributed by atoms with Crippen LogP contribution in [0.25, 0.3) is 0 Å². The highest BCUT2D eigenvalue weighted by molar-refractivity contribution is 7.13. The molecule has 0 saturated heterocycles. The van der Waals surface area contributed by atoms with Gasteiger partial charge >= 0.3 is 11.9 Å². The molecule has 7 nitrogen and oxygen atoms in total. The van der Waals surface area contributed by atoms with E-state index in [0.29, 0.717) is 0 Å². The maximum absolute atomic E-state index is 10.7. The number of hydrogen-bond acceptors (Lipinski definition) is 7. The molecule has 0 aliphatic carbocycles. The van der Waals surface area contributed by atoms with Crippen LogP contribution in [-0.4, -0.2) is 27.7 Å². The number of oxime groups is 1. The van der Waals surface area contributed by atoms with Gasteiger partial charge in [0.15, 0.2) is 5.13 Å². The molecular formula is C7H8ClN3O4S. The third-order valence-corrected chi connectivity index (χ3v) is 1.91. The Kier molecular flexibility index (Phi) is 5.40. The van der Waals surface area contributed by atoms with Gasteiger partial charge in [-0.1, -0.05) is 5.16 Å². The summed E-state index contributed by atoms with van der Waals surface area (Å²) in [7, 11) is 0. The van der Waals surface area contributed by atoms with Crippen molar-refractivity contribution < 1.29 is 19.5 Å². The van der Waals surface area contributed by atoms with Crippen molar-refractivity contribution in [1.29, 1.82) is 0 Å². The van der Waals surface area contributed by atoms with E-state index in [-0.39, 0.29) is 23.2 Å². The zero-order chi connectivity index (χ0) is 11.4. The van der Waals surface area contributed by atoms with Gasteiger partial charge < -0.3 is 15.7 Å². The molecule has 9 heteroatoms. The lowest BCUT2D eigenvalue weighted by molar-refractivity contribution is -0.141. The molecule has 0 bridgehead atoms. The Morgan fingerprint density at radius 2 is 2.25 bits per heavy atom. The first kappa shape index (κ1) is 14.3. The van der Waals surface area contributed by atoms with E-state index in [4.69, 9.17) is 10.8 Å². The third-order valence-electron chi connectivity index (χ3n) is 1.23.